The summed E-state index contributed by atoms with van der Waals surface area (Å²) in [6, 6.07) is -0.558. The number of urea groups is 1. The highest BCUT2D eigenvalue weighted by Crippen LogP contribution is 2.06. The van der Waals surface area contributed by atoms with E-state index in [1.807, 2.05) is 0 Å². The number of amides is 3. The van der Waals surface area contributed by atoms with Gasteiger partial charge < -0.3 is 10.4 Å². The predicted molar refractivity (Wildman–Crippen MR) is 37.3 cm³/mol. The fourth-order valence-electron chi connectivity index (χ4n) is 0.922. The molecule has 66 valence electrons. The number of hydrogen-bond donors (Lipinski definition) is 2. The van der Waals surface area contributed by atoms with Crippen LogP contribution in [0.4, 0.5) is 4.79 Å². The zero-order valence-electron chi connectivity index (χ0n) is 6.40. The first-order valence-electron chi connectivity index (χ1n) is 3.32. The average Bonchev–Trinajstić information content (AvgIpc) is 2.00. The second kappa shape index (κ2) is 2.80. The lowest BCUT2D eigenvalue weighted by molar-refractivity contribution is -0.150. The lowest BCUT2D eigenvalue weighted by Gasteiger charge is -2.25. The summed E-state index contributed by atoms with van der Waals surface area (Å²) >= 11 is 0. The predicted octanol–water partition coefficient (Wildman–Crippen LogP) is -1.13. The number of nitrogens with zero attached hydrogens (tertiary/aromatic N) is 1. The van der Waals surface area contributed by atoms with E-state index in [0.29, 0.717) is 0 Å². The second-order valence-electron chi connectivity index (χ2n) is 2.47. The van der Waals surface area contributed by atoms with Crippen molar-refractivity contribution >= 4 is 17.9 Å². The Bertz CT molecular complexity index is 250. The number of aliphatic carboxylic acids is 1. The Balaban J connectivity index is 2.78. The Hall–Kier alpha value is -1.59. The van der Waals surface area contributed by atoms with E-state index in [4.69, 9.17) is 5.11 Å². The van der Waals surface area contributed by atoms with Gasteiger partial charge in [0, 0.05) is 13.6 Å². The molecular formula is C6H8N2O4. The number of carbonyl (C=O) groups excluding carboxylic acids is 2. The van der Waals surface area contributed by atoms with Crippen LogP contribution in [-0.4, -0.2) is 41.5 Å². The fourth-order valence-corrected chi connectivity index (χ4v) is 0.922. The van der Waals surface area contributed by atoms with Crippen molar-refractivity contribution in [3.8, 4) is 0 Å². The molecule has 1 heterocycles. The normalized spacial score (nSPS) is 23.8. The van der Waals surface area contributed by atoms with Crippen LogP contribution in [0.25, 0.3) is 0 Å². The summed E-state index contributed by atoms with van der Waals surface area (Å²) in [6.45, 7) is -0.128. The molecule has 0 aromatic carbocycles. The highest BCUT2D eigenvalue weighted by Gasteiger charge is 2.36. The van der Waals surface area contributed by atoms with E-state index in [9.17, 15) is 14.4 Å². The molecule has 0 bridgehead atoms. The van der Waals surface area contributed by atoms with Gasteiger partial charge in [-0.15, -0.1) is 0 Å². The minimum atomic E-state index is -1.22. The number of rotatable bonds is 1. The smallest absolute Gasteiger partial charge is 0.323 e. The van der Waals surface area contributed by atoms with Gasteiger partial charge in [0.15, 0.2) is 5.92 Å². The van der Waals surface area contributed by atoms with Crippen molar-refractivity contribution in [3.63, 3.8) is 0 Å². The summed E-state index contributed by atoms with van der Waals surface area (Å²) in [4.78, 5) is 33.0. The van der Waals surface area contributed by atoms with E-state index >= 15 is 0 Å². The number of carboxylic acid groups (broad SMARTS) is 1. The zero-order chi connectivity index (χ0) is 9.30. The molecular weight excluding hydrogens is 164 g/mol. The third kappa shape index (κ3) is 1.23. The SMILES string of the molecule is CN1C(=O)NCC(C(=O)O)C1=O. The van der Waals surface area contributed by atoms with Crippen molar-refractivity contribution in [1.82, 2.24) is 10.2 Å². The van der Waals surface area contributed by atoms with E-state index in [0.717, 1.165) is 4.90 Å². The van der Waals surface area contributed by atoms with E-state index in [1.54, 1.807) is 0 Å². The molecule has 1 saturated heterocycles. The summed E-state index contributed by atoms with van der Waals surface area (Å²) < 4.78 is 0. The van der Waals surface area contributed by atoms with Crippen LogP contribution in [0.5, 0.6) is 0 Å². The molecule has 0 spiro atoms. The molecule has 0 aromatic rings. The zero-order valence-corrected chi connectivity index (χ0v) is 6.40. The monoisotopic (exact) mass is 172 g/mol. The van der Waals surface area contributed by atoms with E-state index < -0.39 is 23.8 Å². The van der Waals surface area contributed by atoms with Crippen LogP contribution in [0.2, 0.25) is 0 Å². The van der Waals surface area contributed by atoms with Gasteiger partial charge >= 0.3 is 12.0 Å². The standard InChI is InChI=1S/C6H8N2O4/c1-8-4(9)3(5(10)11)2-7-6(8)12/h3H,2H2,1H3,(H,7,12)(H,10,11). The largest absolute Gasteiger partial charge is 0.481 e. The van der Waals surface area contributed by atoms with Gasteiger partial charge in [-0.25, -0.2) is 4.79 Å². The molecule has 6 heteroatoms. The molecule has 1 rings (SSSR count). The summed E-state index contributed by atoms with van der Waals surface area (Å²) in [5, 5.41) is 10.8. The van der Waals surface area contributed by atoms with E-state index in [1.165, 1.54) is 7.05 Å². The van der Waals surface area contributed by atoms with Crippen LogP contribution in [0.3, 0.4) is 0 Å². The van der Waals surface area contributed by atoms with Crippen molar-refractivity contribution < 1.29 is 19.5 Å². The van der Waals surface area contributed by atoms with Crippen LogP contribution >= 0.6 is 0 Å². The number of hydrogen-bond acceptors (Lipinski definition) is 3. The Morgan fingerprint density at radius 3 is 2.75 bits per heavy atom. The molecule has 1 aliphatic heterocycles. The third-order valence-corrected chi connectivity index (χ3v) is 1.69. The molecule has 0 radical (unpaired) electrons. The fraction of sp³-hybridized carbons (Fsp3) is 0.500. The molecule has 12 heavy (non-hydrogen) atoms. The number of imide groups is 1. The van der Waals surface area contributed by atoms with E-state index in [2.05, 4.69) is 5.32 Å². The number of carbonyl (C=O) groups is 3. The van der Waals surface area contributed by atoms with Gasteiger partial charge in [-0.05, 0) is 0 Å². The quantitative estimate of drug-likeness (QED) is 0.490. The van der Waals surface area contributed by atoms with Gasteiger partial charge in [0.05, 0.1) is 0 Å². The highest BCUT2D eigenvalue weighted by molar-refractivity contribution is 6.06. The van der Waals surface area contributed by atoms with Crippen LogP contribution in [0.1, 0.15) is 0 Å². The van der Waals surface area contributed by atoms with Crippen molar-refractivity contribution in [2.24, 2.45) is 5.92 Å². The highest BCUT2D eigenvalue weighted by atomic mass is 16.4. The molecule has 0 aliphatic carbocycles. The Morgan fingerprint density at radius 1 is 1.67 bits per heavy atom. The van der Waals surface area contributed by atoms with Gasteiger partial charge in [0.2, 0.25) is 5.91 Å². The topological polar surface area (TPSA) is 86.7 Å². The Morgan fingerprint density at radius 2 is 2.25 bits per heavy atom. The van der Waals surface area contributed by atoms with Crippen LogP contribution < -0.4 is 5.32 Å². The van der Waals surface area contributed by atoms with E-state index in [-0.39, 0.29) is 6.54 Å². The molecule has 0 saturated carbocycles. The molecule has 0 aromatic heterocycles. The minimum Gasteiger partial charge on any atom is -0.481 e. The van der Waals surface area contributed by atoms with Gasteiger partial charge in [0.1, 0.15) is 0 Å². The Kier molecular flexibility index (Phi) is 1.99. The number of carboxylic acids is 1. The molecule has 1 aliphatic rings. The Labute approximate surface area is 68.1 Å². The molecule has 3 amide bonds. The molecule has 1 fully saturated rings. The minimum absolute atomic E-state index is 0.128. The first-order chi connectivity index (χ1) is 5.54. The molecule has 1 atom stereocenters. The lowest BCUT2D eigenvalue weighted by Crippen LogP contribution is -2.55. The van der Waals surface area contributed by atoms with Gasteiger partial charge in [-0.3, -0.25) is 14.5 Å². The first-order valence-corrected chi connectivity index (χ1v) is 3.32. The second-order valence-corrected chi connectivity index (χ2v) is 2.47. The third-order valence-electron chi connectivity index (χ3n) is 1.69. The van der Waals surface area contributed by atoms with Gasteiger partial charge in [-0.1, -0.05) is 0 Å². The lowest BCUT2D eigenvalue weighted by atomic mass is 10.1. The summed E-state index contributed by atoms with van der Waals surface area (Å²) in [5.41, 5.74) is 0. The molecule has 6 nitrogen and oxygen atoms in total. The van der Waals surface area contributed by atoms with Gasteiger partial charge in [0.25, 0.3) is 0 Å². The average molecular weight is 172 g/mol. The van der Waals surface area contributed by atoms with Crippen molar-refractivity contribution in [3.05, 3.63) is 0 Å². The number of nitrogens with one attached hydrogen (secondary N) is 1. The maximum Gasteiger partial charge on any atom is 0.323 e. The summed E-state index contributed by atoms with van der Waals surface area (Å²) in [7, 11) is 1.24. The van der Waals surface area contributed by atoms with Crippen molar-refractivity contribution in [2.75, 3.05) is 13.6 Å². The maximum absolute atomic E-state index is 11.1. The molecule has 1 unspecified atom stereocenters. The van der Waals surface area contributed by atoms with Gasteiger partial charge in [-0.2, -0.15) is 0 Å². The van der Waals surface area contributed by atoms with Crippen molar-refractivity contribution in [1.29, 1.82) is 0 Å². The summed E-state index contributed by atoms with van der Waals surface area (Å²) in [6.07, 6.45) is 0. The van der Waals surface area contributed by atoms with Crippen LogP contribution in [-0.2, 0) is 9.59 Å². The summed E-state index contributed by atoms with van der Waals surface area (Å²) in [5.74, 6) is -3.04. The molecule has 2 N–H and O–H groups in total. The van der Waals surface area contributed by atoms with Crippen molar-refractivity contribution in [2.45, 2.75) is 0 Å². The first kappa shape index (κ1) is 8.51. The van der Waals surface area contributed by atoms with Crippen LogP contribution in [0, 0.1) is 5.92 Å². The van der Waals surface area contributed by atoms with Crippen LogP contribution in [0.15, 0.2) is 0 Å². The maximum atomic E-state index is 11.1.